The van der Waals surface area contributed by atoms with E-state index in [0.717, 1.165) is 6.20 Å². The fraction of sp³-hybridized carbons (Fsp3) is 0.308. The van der Waals surface area contributed by atoms with Crippen LogP contribution in [0.5, 0.6) is 0 Å². The predicted octanol–water partition coefficient (Wildman–Crippen LogP) is 2.45. The second-order valence-electron chi connectivity index (χ2n) is 4.27. The molecule has 1 heterocycles. The van der Waals surface area contributed by atoms with Crippen molar-refractivity contribution in [1.29, 1.82) is 0 Å². The number of nitrogens with one attached hydrogen (secondary N) is 1. The minimum atomic E-state index is -4.97. The van der Waals surface area contributed by atoms with Gasteiger partial charge < -0.3 is 15.5 Å². The number of rotatable bonds is 3. The number of aromatic amines is 1. The second-order valence-corrected chi connectivity index (χ2v) is 4.27. The highest BCUT2D eigenvalue weighted by atomic mass is 19.4. The molecular formula is C13H13F3N2O2. The van der Waals surface area contributed by atoms with Gasteiger partial charge in [0, 0.05) is 22.7 Å². The van der Waals surface area contributed by atoms with E-state index in [0.29, 0.717) is 5.52 Å². The Hall–Kier alpha value is -2.02. The van der Waals surface area contributed by atoms with Crippen LogP contribution < -0.4 is 5.73 Å². The molecule has 108 valence electrons. The van der Waals surface area contributed by atoms with Crippen LogP contribution in [0.15, 0.2) is 30.5 Å². The highest BCUT2D eigenvalue weighted by molar-refractivity contribution is 5.93. The van der Waals surface area contributed by atoms with Crippen molar-refractivity contribution in [3.05, 3.63) is 36.0 Å². The van der Waals surface area contributed by atoms with Crippen molar-refractivity contribution in [2.75, 3.05) is 6.61 Å². The lowest BCUT2D eigenvalue weighted by atomic mass is 9.90. The van der Waals surface area contributed by atoms with E-state index in [-0.39, 0.29) is 17.6 Å². The Labute approximate surface area is 112 Å². The summed E-state index contributed by atoms with van der Waals surface area (Å²) < 4.78 is 44.5. The van der Waals surface area contributed by atoms with Crippen molar-refractivity contribution in [3.8, 4) is 0 Å². The maximum absolute atomic E-state index is 13.3. The zero-order valence-corrected chi connectivity index (χ0v) is 10.6. The van der Waals surface area contributed by atoms with Gasteiger partial charge in [0.25, 0.3) is 0 Å². The smallest absolute Gasteiger partial charge is 0.421 e. The van der Waals surface area contributed by atoms with Gasteiger partial charge in [-0.3, -0.25) is 0 Å². The summed E-state index contributed by atoms with van der Waals surface area (Å²) in [5, 5.41) is 0.236. The number of H-pyrrole nitrogens is 1. The first kappa shape index (κ1) is 14.4. The fourth-order valence-corrected chi connectivity index (χ4v) is 2.02. The van der Waals surface area contributed by atoms with Crippen LogP contribution in [0, 0.1) is 0 Å². The number of hydrogen-bond acceptors (Lipinski definition) is 3. The van der Waals surface area contributed by atoms with E-state index >= 15 is 0 Å². The molecule has 0 aliphatic heterocycles. The highest BCUT2D eigenvalue weighted by Crippen LogP contribution is 2.40. The molecule has 0 unspecified atom stereocenters. The molecule has 2 rings (SSSR count). The van der Waals surface area contributed by atoms with Crippen molar-refractivity contribution in [2.24, 2.45) is 5.73 Å². The average Bonchev–Trinajstić information content (AvgIpc) is 2.80. The summed E-state index contributed by atoms with van der Waals surface area (Å²) in [6.45, 7) is 1.24. The minimum Gasteiger partial charge on any atom is -0.464 e. The fourth-order valence-electron chi connectivity index (χ4n) is 2.02. The molecule has 1 aromatic heterocycles. The number of carbonyl (C=O) groups excluding carboxylic acids is 1. The topological polar surface area (TPSA) is 68.1 Å². The molecule has 0 radical (unpaired) electrons. The lowest BCUT2D eigenvalue weighted by Crippen LogP contribution is -2.57. The first-order chi connectivity index (χ1) is 9.32. The third-order valence-electron chi connectivity index (χ3n) is 3.06. The molecule has 0 aliphatic carbocycles. The van der Waals surface area contributed by atoms with Gasteiger partial charge in [0.05, 0.1) is 6.61 Å². The maximum atomic E-state index is 13.3. The summed E-state index contributed by atoms with van der Waals surface area (Å²) in [7, 11) is 0. The molecule has 4 nitrogen and oxygen atoms in total. The average molecular weight is 286 g/mol. The molecule has 2 aromatic rings. The number of fused-ring (bicyclic) bond motifs is 1. The van der Waals surface area contributed by atoms with Crippen molar-refractivity contribution < 1.29 is 22.7 Å². The Morgan fingerprint density at radius 2 is 2.00 bits per heavy atom. The van der Waals surface area contributed by atoms with Crippen LogP contribution in [0.4, 0.5) is 13.2 Å². The van der Waals surface area contributed by atoms with E-state index in [2.05, 4.69) is 9.72 Å². The first-order valence-corrected chi connectivity index (χ1v) is 5.91. The molecule has 0 saturated heterocycles. The zero-order chi connectivity index (χ0) is 15.0. The van der Waals surface area contributed by atoms with Crippen LogP contribution in [0.3, 0.4) is 0 Å². The van der Waals surface area contributed by atoms with E-state index in [1.54, 1.807) is 18.2 Å². The molecule has 0 spiro atoms. The van der Waals surface area contributed by atoms with Crippen molar-refractivity contribution in [1.82, 2.24) is 4.98 Å². The molecule has 0 saturated carbocycles. The van der Waals surface area contributed by atoms with Crippen LogP contribution in [0.25, 0.3) is 10.9 Å². The summed E-state index contributed by atoms with van der Waals surface area (Å²) in [6, 6.07) is 6.30. The number of hydrogen-bond donors (Lipinski definition) is 2. The van der Waals surface area contributed by atoms with Crippen LogP contribution in [0.2, 0.25) is 0 Å². The van der Waals surface area contributed by atoms with Crippen LogP contribution in [-0.2, 0) is 15.1 Å². The Kier molecular flexibility index (Phi) is 3.47. The molecule has 0 aliphatic rings. The molecule has 20 heavy (non-hydrogen) atoms. The number of aromatic nitrogens is 1. The Balaban J connectivity index is 2.66. The Morgan fingerprint density at radius 3 is 2.60 bits per heavy atom. The monoisotopic (exact) mass is 286 g/mol. The summed E-state index contributed by atoms with van der Waals surface area (Å²) >= 11 is 0. The lowest BCUT2D eigenvalue weighted by Gasteiger charge is -2.29. The van der Waals surface area contributed by atoms with E-state index in [9.17, 15) is 18.0 Å². The van der Waals surface area contributed by atoms with Crippen molar-refractivity contribution >= 4 is 16.9 Å². The third kappa shape index (κ3) is 2.03. The van der Waals surface area contributed by atoms with E-state index in [1.165, 1.54) is 13.0 Å². The van der Waals surface area contributed by atoms with Gasteiger partial charge in [-0.15, -0.1) is 0 Å². The lowest BCUT2D eigenvalue weighted by molar-refractivity contribution is -0.208. The van der Waals surface area contributed by atoms with E-state index in [1.807, 2.05) is 0 Å². The SMILES string of the molecule is CCOC(=O)[C@@](N)(c1c[nH]c2ccccc12)C(F)(F)F. The van der Waals surface area contributed by atoms with Crippen LogP contribution in [-0.4, -0.2) is 23.7 Å². The van der Waals surface area contributed by atoms with E-state index < -0.39 is 17.7 Å². The van der Waals surface area contributed by atoms with Gasteiger partial charge in [-0.25, -0.2) is 4.79 Å². The standard InChI is InChI=1S/C13H13F3N2O2/c1-2-20-11(19)12(17,13(14,15)16)9-7-18-10-6-4-3-5-8(9)10/h3-7,18H,2,17H2,1H3/t12-/m0/s1. The summed E-state index contributed by atoms with van der Waals surface area (Å²) in [5.41, 5.74) is 2.34. The largest absolute Gasteiger partial charge is 0.464 e. The van der Waals surface area contributed by atoms with Gasteiger partial charge in [0.2, 0.25) is 5.54 Å². The Morgan fingerprint density at radius 1 is 1.35 bits per heavy atom. The number of halogens is 3. The number of benzene rings is 1. The van der Waals surface area contributed by atoms with Crippen LogP contribution in [0.1, 0.15) is 12.5 Å². The summed E-state index contributed by atoms with van der Waals surface area (Å²) in [6.07, 6.45) is -3.88. The third-order valence-corrected chi connectivity index (χ3v) is 3.06. The molecular weight excluding hydrogens is 273 g/mol. The van der Waals surface area contributed by atoms with Gasteiger partial charge in [0.15, 0.2) is 0 Å². The molecule has 0 bridgehead atoms. The van der Waals surface area contributed by atoms with Gasteiger partial charge in [-0.05, 0) is 13.0 Å². The van der Waals surface area contributed by atoms with Crippen LogP contribution >= 0.6 is 0 Å². The molecule has 3 N–H and O–H groups in total. The minimum absolute atomic E-state index is 0.184. The number of carbonyl (C=O) groups is 1. The van der Waals surface area contributed by atoms with Gasteiger partial charge in [-0.1, -0.05) is 18.2 Å². The normalized spacial score (nSPS) is 15.1. The predicted molar refractivity (Wildman–Crippen MR) is 66.9 cm³/mol. The number of alkyl halides is 3. The maximum Gasteiger partial charge on any atom is 0.421 e. The number of para-hydroxylation sites is 1. The van der Waals surface area contributed by atoms with Gasteiger partial charge in [-0.2, -0.15) is 13.2 Å². The van der Waals surface area contributed by atoms with E-state index in [4.69, 9.17) is 5.73 Å². The number of ether oxygens (including phenoxy) is 1. The van der Waals surface area contributed by atoms with Crippen molar-refractivity contribution in [2.45, 2.75) is 18.6 Å². The van der Waals surface area contributed by atoms with Crippen molar-refractivity contribution in [3.63, 3.8) is 0 Å². The molecule has 1 aromatic carbocycles. The second kappa shape index (κ2) is 4.82. The number of esters is 1. The first-order valence-electron chi connectivity index (χ1n) is 5.91. The molecule has 0 amide bonds. The summed E-state index contributed by atoms with van der Waals surface area (Å²) in [5.74, 6) is -1.52. The molecule has 1 atom stereocenters. The Bertz CT molecular complexity index is 636. The molecule has 0 fully saturated rings. The van der Waals surface area contributed by atoms with Gasteiger partial charge >= 0.3 is 12.1 Å². The summed E-state index contributed by atoms with van der Waals surface area (Å²) in [4.78, 5) is 14.4. The van der Waals surface area contributed by atoms with Gasteiger partial charge in [0.1, 0.15) is 0 Å². The zero-order valence-electron chi connectivity index (χ0n) is 10.6. The quantitative estimate of drug-likeness (QED) is 0.852. The highest BCUT2D eigenvalue weighted by Gasteiger charge is 2.61. The number of nitrogens with two attached hydrogens (primary N) is 1. The molecule has 7 heteroatoms.